The molecule has 0 aliphatic heterocycles. The van der Waals surface area contributed by atoms with Crippen LogP contribution in [0.15, 0.2) is 37.4 Å². The maximum absolute atomic E-state index is 5.44. The standard InChI is InChI=1S/C22H22O4/c1-7-15-11-21(25-5)17(13-19(15)23-3)9-10-18-14-20(24-4)16(8-2)12-22(18)26-6/h7-8,11-14H,1-2H2,3-6H3. The van der Waals surface area contributed by atoms with Gasteiger partial charge in [0.2, 0.25) is 0 Å². The number of rotatable bonds is 6. The second kappa shape index (κ2) is 8.68. The van der Waals surface area contributed by atoms with Gasteiger partial charge >= 0.3 is 0 Å². The summed E-state index contributed by atoms with van der Waals surface area (Å²) in [5.41, 5.74) is 3.07. The fraction of sp³-hybridized carbons (Fsp3) is 0.182. The van der Waals surface area contributed by atoms with Gasteiger partial charge < -0.3 is 18.9 Å². The molecular formula is C22H22O4. The fourth-order valence-corrected chi connectivity index (χ4v) is 2.49. The summed E-state index contributed by atoms with van der Waals surface area (Å²) in [6.07, 6.45) is 3.42. The van der Waals surface area contributed by atoms with Crippen molar-refractivity contribution in [1.82, 2.24) is 0 Å². The summed E-state index contributed by atoms with van der Waals surface area (Å²) < 4.78 is 21.7. The summed E-state index contributed by atoms with van der Waals surface area (Å²) in [5.74, 6) is 8.87. The first-order valence-electron chi connectivity index (χ1n) is 7.90. The first-order valence-corrected chi connectivity index (χ1v) is 7.90. The Kier molecular flexibility index (Phi) is 6.35. The van der Waals surface area contributed by atoms with Crippen LogP contribution in [0, 0.1) is 11.8 Å². The van der Waals surface area contributed by atoms with Gasteiger partial charge in [-0.3, -0.25) is 0 Å². The van der Waals surface area contributed by atoms with Crippen LogP contribution in [0.4, 0.5) is 0 Å². The summed E-state index contributed by atoms with van der Waals surface area (Å²) in [6.45, 7) is 7.57. The molecule has 0 saturated carbocycles. The molecule has 2 aromatic rings. The molecule has 0 aromatic heterocycles. The molecule has 26 heavy (non-hydrogen) atoms. The van der Waals surface area contributed by atoms with Crippen molar-refractivity contribution in [1.29, 1.82) is 0 Å². The van der Waals surface area contributed by atoms with Crippen LogP contribution in [0.3, 0.4) is 0 Å². The van der Waals surface area contributed by atoms with Gasteiger partial charge in [-0.25, -0.2) is 0 Å². The predicted molar refractivity (Wildman–Crippen MR) is 105 cm³/mol. The molecule has 0 amide bonds. The van der Waals surface area contributed by atoms with Crippen LogP contribution in [0.1, 0.15) is 22.3 Å². The Bertz CT molecular complexity index is 814. The van der Waals surface area contributed by atoms with Crippen LogP contribution in [0.5, 0.6) is 23.0 Å². The molecule has 0 aliphatic carbocycles. The summed E-state index contributed by atoms with van der Waals surface area (Å²) in [7, 11) is 6.41. The summed E-state index contributed by atoms with van der Waals surface area (Å²) in [4.78, 5) is 0. The minimum Gasteiger partial charge on any atom is -0.496 e. The topological polar surface area (TPSA) is 36.9 Å². The number of benzene rings is 2. The molecule has 4 heteroatoms. The molecule has 0 atom stereocenters. The molecule has 0 N–H and O–H groups in total. The van der Waals surface area contributed by atoms with Gasteiger partial charge in [0.1, 0.15) is 23.0 Å². The molecule has 0 heterocycles. The third-order valence-electron chi connectivity index (χ3n) is 3.88. The Hall–Kier alpha value is -3.32. The van der Waals surface area contributed by atoms with Crippen LogP contribution in [0.2, 0.25) is 0 Å². The highest BCUT2D eigenvalue weighted by atomic mass is 16.5. The lowest BCUT2D eigenvalue weighted by Crippen LogP contribution is -1.95. The second-order valence-electron chi connectivity index (χ2n) is 5.25. The van der Waals surface area contributed by atoms with Gasteiger partial charge in [-0.1, -0.05) is 37.2 Å². The molecule has 4 nitrogen and oxygen atoms in total. The van der Waals surface area contributed by atoms with E-state index in [1.807, 2.05) is 24.3 Å². The van der Waals surface area contributed by atoms with Crippen molar-refractivity contribution >= 4 is 12.2 Å². The predicted octanol–water partition coefficient (Wildman–Crippen LogP) is 4.41. The van der Waals surface area contributed by atoms with Gasteiger partial charge in [-0.15, -0.1) is 0 Å². The quantitative estimate of drug-likeness (QED) is 0.723. The lowest BCUT2D eigenvalue weighted by Gasteiger charge is -2.11. The van der Waals surface area contributed by atoms with E-state index >= 15 is 0 Å². The van der Waals surface area contributed by atoms with Crippen molar-refractivity contribution in [3.8, 4) is 34.8 Å². The zero-order chi connectivity index (χ0) is 19.1. The van der Waals surface area contributed by atoms with E-state index in [0.29, 0.717) is 34.1 Å². The maximum atomic E-state index is 5.44. The molecule has 0 aliphatic rings. The molecule has 0 saturated heterocycles. The normalized spacial score (nSPS) is 9.54. The number of ether oxygens (including phenoxy) is 4. The largest absolute Gasteiger partial charge is 0.496 e. The van der Waals surface area contributed by atoms with E-state index in [4.69, 9.17) is 18.9 Å². The third kappa shape index (κ3) is 3.84. The lowest BCUT2D eigenvalue weighted by molar-refractivity contribution is 0.401. The highest BCUT2D eigenvalue weighted by Gasteiger charge is 2.10. The zero-order valence-corrected chi connectivity index (χ0v) is 15.5. The average Bonchev–Trinajstić information content (AvgIpc) is 2.70. The van der Waals surface area contributed by atoms with Gasteiger partial charge in [0.05, 0.1) is 39.6 Å². The van der Waals surface area contributed by atoms with Gasteiger partial charge in [-0.05, 0) is 12.1 Å². The zero-order valence-electron chi connectivity index (χ0n) is 15.5. The van der Waals surface area contributed by atoms with E-state index < -0.39 is 0 Å². The van der Waals surface area contributed by atoms with E-state index in [1.54, 1.807) is 40.6 Å². The Balaban J connectivity index is 2.58. The Labute approximate surface area is 154 Å². The van der Waals surface area contributed by atoms with Crippen molar-refractivity contribution in [2.24, 2.45) is 0 Å². The highest BCUT2D eigenvalue weighted by molar-refractivity contribution is 5.66. The molecule has 0 spiro atoms. The molecule has 0 bridgehead atoms. The van der Waals surface area contributed by atoms with Crippen LogP contribution in [0.25, 0.3) is 12.2 Å². The van der Waals surface area contributed by atoms with E-state index in [9.17, 15) is 0 Å². The van der Waals surface area contributed by atoms with Crippen molar-refractivity contribution in [3.63, 3.8) is 0 Å². The van der Waals surface area contributed by atoms with Crippen molar-refractivity contribution in [2.45, 2.75) is 0 Å². The van der Waals surface area contributed by atoms with Crippen molar-refractivity contribution < 1.29 is 18.9 Å². The van der Waals surface area contributed by atoms with E-state index in [1.165, 1.54) is 0 Å². The Morgan fingerprint density at radius 1 is 0.615 bits per heavy atom. The molecule has 2 rings (SSSR count). The minimum absolute atomic E-state index is 0.641. The van der Waals surface area contributed by atoms with E-state index in [-0.39, 0.29) is 0 Å². The number of hydrogen-bond donors (Lipinski definition) is 0. The van der Waals surface area contributed by atoms with Crippen LogP contribution < -0.4 is 18.9 Å². The van der Waals surface area contributed by atoms with Crippen LogP contribution in [-0.4, -0.2) is 28.4 Å². The maximum Gasteiger partial charge on any atom is 0.135 e. The van der Waals surface area contributed by atoms with E-state index in [2.05, 4.69) is 25.0 Å². The summed E-state index contributed by atoms with van der Waals surface area (Å²) in [6, 6.07) is 7.33. The summed E-state index contributed by atoms with van der Waals surface area (Å²) >= 11 is 0. The second-order valence-corrected chi connectivity index (χ2v) is 5.25. The summed E-state index contributed by atoms with van der Waals surface area (Å²) in [5, 5.41) is 0. The fourth-order valence-electron chi connectivity index (χ4n) is 2.49. The van der Waals surface area contributed by atoms with Crippen LogP contribution in [-0.2, 0) is 0 Å². The smallest absolute Gasteiger partial charge is 0.135 e. The van der Waals surface area contributed by atoms with Gasteiger partial charge in [-0.2, -0.15) is 0 Å². The molecule has 0 fully saturated rings. The van der Waals surface area contributed by atoms with Gasteiger partial charge in [0.25, 0.3) is 0 Å². The molecule has 0 unspecified atom stereocenters. The monoisotopic (exact) mass is 350 g/mol. The number of methoxy groups -OCH3 is 4. The molecule has 0 radical (unpaired) electrons. The minimum atomic E-state index is 0.641. The SMILES string of the molecule is C=Cc1cc(OC)c(C#Cc2cc(OC)c(C=C)cc2OC)cc1OC. The van der Waals surface area contributed by atoms with Gasteiger partial charge in [0, 0.05) is 23.3 Å². The van der Waals surface area contributed by atoms with Gasteiger partial charge in [0.15, 0.2) is 0 Å². The first-order chi connectivity index (χ1) is 12.6. The van der Waals surface area contributed by atoms with Crippen LogP contribution >= 0.6 is 0 Å². The first kappa shape index (κ1) is 19.0. The molecule has 134 valence electrons. The molecule has 2 aromatic carbocycles. The Morgan fingerprint density at radius 2 is 0.962 bits per heavy atom. The van der Waals surface area contributed by atoms with Crippen molar-refractivity contribution in [2.75, 3.05) is 28.4 Å². The number of hydrogen-bond acceptors (Lipinski definition) is 4. The lowest BCUT2D eigenvalue weighted by atomic mass is 10.1. The molecular weight excluding hydrogens is 328 g/mol. The van der Waals surface area contributed by atoms with E-state index in [0.717, 1.165) is 11.1 Å². The average molecular weight is 350 g/mol. The highest BCUT2D eigenvalue weighted by Crippen LogP contribution is 2.31. The third-order valence-corrected chi connectivity index (χ3v) is 3.88. The Morgan fingerprint density at radius 3 is 1.23 bits per heavy atom. The van der Waals surface area contributed by atoms with Crippen molar-refractivity contribution in [3.05, 3.63) is 59.7 Å².